The van der Waals surface area contributed by atoms with E-state index in [1.165, 1.54) is 98.1 Å². The Labute approximate surface area is 400 Å². The summed E-state index contributed by atoms with van der Waals surface area (Å²) in [6.45, 7) is 5.32. The average molecular weight is 1020 g/mol. The maximum Gasteiger partial charge on any atom is 0.127 e. The third kappa shape index (κ3) is 9.28. The molecule has 16 heteroatoms. The Morgan fingerprint density at radius 3 is 1.28 bits per heavy atom. The Morgan fingerprint density at radius 2 is 0.879 bits per heavy atom. The first kappa shape index (κ1) is 42.3. The lowest BCUT2D eigenvalue weighted by Crippen LogP contribution is -1.99. The fraction of sp³-hybridized carbons (Fsp3) is 0.238. The number of rotatable bonds is 11. The molecule has 4 aromatic rings. The zero-order chi connectivity index (χ0) is 39.0. The van der Waals surface area contributed by atoms with Crippen molar-refractivity contribution < 1.29 is 9.47 Å². The second kappa shape index (κ2) is 19.6. The van der Waals surface area contributed by atoms with Gasteiger partial charge in [-0.2, -0.15) is 0 Å². The van der Waals surface area contributed by atoms with Crippen LogP contribution in [-0.2, 0) is 11.5 Å². The van der Waals surface area contributed by atoms with E-state index in [1.54, 1.807) is 0 Å². The van der Waals surface area contributed by atoms with E-state index in [0.29, 0.717) is 13.2 Å². The Balaban J connectivity index is 0.873. The minimum Gasteiger partial charge on any atom is -0.493 e. The molecule has 0 N–H and O–H groups in total. The molecule has 0 aliphatic carbocycles. The zero-order valence-corrected chi connectivity index (χ0v) is 42.5. The Morgan fingerprint density at radius 1 is 0.466 bits per heavy atom. The normalized spacial score (nSPS) is 19.5. The summed E-state index contributed by atoms with van der Waals surface area (Å²) < 4.78 is 27.4. The highest BCUT2D eigenvalue weighted by molar-refractivity contribution is 8.44. The minimum absolute atomic E-state index is 0.596. The van der Waals surface area contributed by atoms with Gasteiger partial charge in [-0.25, -0.2) is 0 Å². The van der Waals surface area contributed by atoms with Crippen LogP contribution in [0.15, 0.2) is 114 Å². The molecule has 0 unspecified atom stereocenters. The second-order valence-corrected chi connectivity index (χ2v) is 29.8. The highest BCUT2D eigenvalue weighted by Gasteiger charge is 2.31. The van der Waals surface area contributed by atoms with Gasteiger partial charge in [0, 0.05) is 45.6 Å². The van der Waals surface area contributed by atoms with Crippen molar-refractivity contribution in [1.29, 1.82) is 0 Å². The van der Waals surface area contributed by atoms with Crippen molar-refractivity contribution in [3.8, 4) is 22.6 Å². The predicted octanol–water partition coefficient (Wildman–Crippen LogP) is 17.9. The summed E-state index contributed by atoms with van der Waals surface area (Å²) in [5, 5.41) is 9.50. The average Bonchev–Trinajstić information content (AvgIpc) is 4.08. The monoisotopic (exact) mass is 1020 g/mol. The van der Waals surface area contributed by atoms with Crippen molar-refractivity contribution in [2.75, 3.05) is 36.2 Å². The maximum atomic E-state index is 6.39. The first-order valence-electron chi connectivity index (χ1n) is 18.5. The standard InChI is InChI=1S/C42H34O2S14/c1-3-43-29-11-7-25-17-23(19-49-31-21-51-39(53-31)41-55-35-36(56-41)46-14-13-45-35)5-9-27(25)33(29)34-28-10-6-24(18-26(28)8-12-30(34)44-4-2)20-50-32-22-52-40(54-32)42-57-37-38(58-42)48-16-15-47-37/h5-12,17-18,21-22H,3-4,13-16,19-20H2,1-2H3. The zero-order valence-electron chi connectivity index (χ0n) is 31.1. The molecular weight excluding hydrogens is 985 g/mol. The number of benzene rings is 4. The van der Waals surface area contributed by atoms with Gasteiger partial charge in [-0.1, -0.05) is 143 Å². The molecule has 4 aromatic carbocycles. The summed E-state index contributed by atoms with van der Waals surface area (Å²) >= 11 is 27.6. The van der Waals surface area contributed by atoms with Gasteiger partial charge in [0.15, 0.2) is 0 Å². The predicted molar refractivity (Wildman–Crippen MR) is 287 cm³/mol. The summed E-state index contributed by atoms with van der Waals surface area (Å²) in [4.78, 5) is 0. The van der Waals surface area contributed by atoms with Crippen LogP contribution < -0.4 is 9.47 Å². The fourth-order valence-corrected chi connectivity index (χ4v) is 26.4. The molecule has 0 saturated carbocycles. The smallest absolute Gasteiger partial charge is 0.127 e. The number of hydrogen-bond donors (Lipinski definition) is 0. The van der Waals surface area contributed by atoms with E-state index in [4.69, 9.17) is 9.47 Å². The largest absolute Gasteiger partial charge is 0.493 e. The maximum absolute atomic E-state index is 6.39. The SMILES string of the molecule is CCOc1ccc2cc(CSC3=CSC(=C4SC5=C(SCCS5)S4)S3)ccc2c1-c1c(OCC)ccc2cc(CSC3=CSC(=C4SC5=C(SCCS5)S4)S3)ccc12. The Kier molecular flexibility index (Phi) is 14.3. The molecule has 0 amide bonds. The van der Waals surface area contributed by atoms with Gasteiger partial charge in [-0.05, 0) is 69.5 Å². The lowest BCUT2D eigenvalue weighted by Gasteiger charge is -2.20. The van der Waals surface area contributed by atoms with Crippen LogP contribution in [0.4, 0.5) is 0 Å². The topological polar surface area (TPSA) is 18.5 Å². The van der Waals surface area contributed by atoms with E-state index in [9.17, 15) is 0 Å². The van der Waals surface area contributed by atoms with Gasteiger partial charge in [-0.15, -0.1) is 70.6 Å². The van der Waals surface area contributed by atoms with Crippen molar-refractivity contribution in [1.82, 2.24) is 0 Å². The van der Waals surface area contributed by atoms with Crippen LogP contribution in [0.2, 0.25) is 0 Å². The van der Waals surface area contributed by atoms with E-state index >= 15 is 0 Å². The van der Waals surface area contributed by atoms with E-state index in [2.05, 4.69) is 85.3 Å². The first-order chi connectivity index (χ1) is 28.6. The molecular formula is C42H34O2S14. The van der Waals surface area contributed by atoms with E-state index in [0.717, 1.165) is 34.1 Å². The van der Waals surface area contributed by atoms with Gasteiger partial charge in [0.05, 0.1) is 55.6 Å². The van der Waals surface area contributed by atoms with Crippen molar-refractivity contribution in [3.05, 3.63) is 125 Å². The van der Waals surface area contributed by atoms with E-state index in [-0.39, 0.29) is 0 Å². The Hall–Kier alpha value is 0.340. The van der Waals surface area contributed by atoms with Crippen LogP contribution in [0.25, 0.3) is 32.7 Å². The number of hydrogen-bond acceptors (Lipinski definition) is 16. The lowest BCUT2D eigenvalue weighted by atomic mass is 9.91. The number of thioether (sulfide) groups is 14. The third-order valence-electron chi connectivity index (χ3n) is 9.12. The molecule has 298 valence electrons. The first-order valence-corrected chi connectivity index (χ1v) is 31.1. The minimum atomic E-state index is 0.596. The van der Waals surface area contributed by atoms with Crippen LogP contribution >= 0.6 is 165 Å². The molecule has 6 aliphatic heterocycles. The molecule has 0 atom stereocenters. The van der Waals surface area contributed by atoms with Crippen LogP contribution in [0.5, 0.6) is 11.5 Å². The molecule has 58 heavy (non-hydrogen) atoms. The fourth-order valence-electron chi connectivity index (χ4n) is 6.67. The molecule has 0 bridgehead atoms. The molecule has 0 saturated heterocycles. The second-order valence-electron chi connectivity index (χ2n) is 12.8. The van der Waals surface area contributed by atoms with Crippen LogP contribution in [0.1, 0.15) is 25.0 Å². The molecule has 0 spiro atoms. The molecule has 0 radical (unpaired) electrons. The van der Waals surface area contributed by atoms with Crippen molar-refractivity contribution in [2.45, 2.75) is 25.4 Å². The van der Waals surface area contributed by atoms with Crippen molar-refractivity contribution >= 4 is 186 Å². The summed E-state index contributed by atoms with van der Waals surface area (Å²) in [6.07, 6.45) is 0. The number of ether oxygens (including phenoxy) is 2. The van der Waals surface area contributed by atoms with Gasteiger partial charge >= 0.3 is 0 Å². The lowest BCUT2D eigenvalue weighted by molar-refractivity contribution is 0.337. The number of fused-ring (bicyclic) bond motifs is 2. The molecule has 0 aromatic heterocycles. The van der Waals surface area contributed by atoms with Crippen LogP contribution in [0, 0.1) is 0 Å². The Bertz CT molecular complexity index is 2300. The molecule has 6 heterocycles. The van der Waals surface area contributed by atoms with Crippen molar-refractivity contribution in [2.24, 2.45) is 0 Å². The highest BCUT2D eigenvalue weighted by atomic mass is 32.3. The van der Waals surface area contributed by atoms with Gasteiger partial charge in [0.1, 0.15) is 11.5 Å². The summed E-state index contributed by atoms with van der Waals surface area (Å²) in [5.74, 6) is 8.56. The van der Waals surface area contributed by atoms with E-state index in [1.807, 2.05) is 165 Å². The van der Waals surface area contributed by atoms with Crippen LogP contribution in [-0.4, -0.2) is 36.2 Å². The quantitative estimate of drug-likeness (QED) is 0.142. The highest BCUT2D eigenvalue weighted by Crippen LogP contribution is 2.66. The summed E-state index contributed by atoms with van der Waals surface area (Å²) in [7, 11) is 0. The summed E-state index contributed by atoms with van der Waals surface area (Å²) in [6, 6.07) is 22.7. The molecule has 0 fully saturated rings. The van der Waals surface area contributed by atoms with Gasteiger partial charge < -0.3 is 9.47 Å². The van der Waals surface area contributed by atoms with Crippen molar-refractivity contribution in [3.63, 3.8) is 0 Å². The third-order valence-corrected chi connectivity index (χ3v) is 29.3. The molecule has 2 nitrogen and oxygen atoms in total. The molecule has 6 aliphatic rings. The summed E-state index contributed by atoms with van der Waals surface area (Å²) in [5.41, 5.74) is 4.87. The molecule has 10 rings (SSSR count). The van der Waals surface area contributed by atoms with Crippen LogP contribution in [0.3, 0.4) is 0 Å². The van der Waals surface area contributed by atoms with Gasteiger partial charge in [-0.3, -0.25) is 0 Å². The van der Waals surface area contributed by atoms with Gasteiger partial charge in [0.2, 0.25) is 0 Å². The van der Waals surface area contributed by atoms with Gasteiger partial charge in [0.25, 0.3) is 0 Å². The van der Waals surface area contributed by atoms with E-state index < -0.39 is 0 Å².